The molecule has 4 aliphatic heterocycles. The van der Waals surface area contributed by atoms with Gasteiger partial charge in [0, 0.05) is 36.5 Å². The van der Waals surface area contributed by atoms with Crippen LogP contribution in [0.2, 0.25) is 0 Å². The number of ether oxygens (including phenoxy) is 2. The van der Waals surface area contributed by atoms with Crippen molar-refractivity contribution in [3.8, 4) is 0 Å². The molecule has 4 saturated heterocycles. The fourth-order valence-electron chi connectivity index (χ4n) is 7.81. The Hall–Kier alpha value is -1.14. The van der Waals surface area contributed by atoms with E-state index in [4.69, 9.17) is 9.47 Å². The summed E-state index contributed by atoms with van der Waals surface area (Å²) in [4.78, 5) is 24.6. The summed E-state index contributed by atoms with van der Waals surface area (Å²) in [6.07, 6.45) is 5.16. The molecule has 0 aromatic rings. The van der Waals surface area contributed by atoms with Crippen molar-refractivity contribution in [1.82, 2.24) is 0 Å². The van der Waals surface area contributed by atoms with Gasteiger partial charge >= 0.3 is 11.9 Å². The van der Waals surface area contributed by atoms with E-state index in [9.17, 15) is 14.8 Å². The summed E-state index contributed by atoms with van der Waals surface area (Å²) in [5.41, 5.74) is 0. The van der Waals surface area contributed by atoms with E-state index in [1.165, 1.54) is 0 Å². The van der Waals surface area contributed by atoms with Gasteiger partial charge in [0.05, 0.1) is 24.4 Å². The summed E-state index contributed by atoms with van der Waals surface area (Å²) in [7, 11) is 0. The molecule has 0 N–H and O–H groups in total. The molecular weight excluding hydrogens is 358 g/mol. The van der Waals surface area contributed by atoms with Crippen LogP contribution in [0.4, 0.5) is 0 Å². The second-order valence-electron chi connectivity index (χ2n) is 10.1. The van der Waals surface area contributed by atoms with E-state index in [-0.39, 0.29) is 70.5 Å². The van der Waals surface area contributed by atoms with Crippen LogP contribution in [-0.2, 0) is 19.1 Å². The molecule has 0 spiro atoms. The summed E-state index contributed by atoms with van der Waals surface area (Å²) in [5, 5.41) is 14.5. The van der Waals surface area contributed by atoms with E-state index in [1.807, 2.05) is 13.8 Å². The highest BCUT2D eigenvalue weighted by molar-refractivity contribution is 5.75. The van der Waals surface area contributed by atoms with Gasteiger partial charge in [0.25, 0.3) is 0 Å². The van der Waals surface area contributed by atoms with E-state index in [0.717, 1.165) is 32.1 Å². The van der Waals surface area contributed by atoms with Crippen molar-refractivity contribution in [3.63, 3.8) is 0 Å². The monoisotopic (exact) mass is 391 g/mol. The topological polar surface area (TPSA) is 75.7 Å². The molecule has 5 aliphatic rings. The van der Waals surface area contributed by atoms with Gasteiger partial charge in [0.1, 0.15) is 12.1 Å². The number of hydrogen-bond acceptors (Lipinski definition) is 5. The van der Waals surface area contributed by atoms with Gasteiger partial charge in [-0.15, -0.1) is 0 Å². The Morgan fingerprint density at radius 2 is 1.86 bits per heavy atom. The molecule has 4 heterocycles. The number of nitrogens with zero attached hydrogens (tertiary/aromatic N) is 1. The molecule has 0 amide bonds. The average Bonchev–Trinajstić information content (AvgIpc) is 3.20. The summed E-state index contributed by atoms with van der Waals surface area (Å²) in [6, 6.07) is -0.145. The molecule has 0 aromatic heterocycles. The zero-order chi connectivity index (χ0) is 19.8. The first-order valence-electron chi connectivity index (χ1n) is 11.4. The van der Waals surface area contributed by atoms with Crippen LogP contribution in [0.5, 0.6) is 0 Å². The molecule has 1 unspecified atom stereocenters. The first-order valence-corrected chi connectivity index (χ1v) is 11.4. The minimum atomic E-state index is -0.267. The number of hydroxylamine groups is 3. The number of hydrogen-bond donors (Lipinski definition) is 0. The van der Waals surface area contributed by atoms with Crippen molar-refractivity contribution in [2.75, 3.05) is 6.54 Å². The van der Waals surface area contributed by atoms with E-state index >= 15 is 0 Å². The number of quaternary nitrogens is 1. The molecule has 6 nitrogen and oxygen atoms in total. The largest absolute Gasteiger partial charge is 0.632 e. The van der Waals surface area contributed by atoms with Crippen LogP contribution in [0.15, 0.2) is 0 Å². The average molecular weight is 392 g/mol. The molecule has 0 radical (unpaired) electrons. The molecule has 156 valence electrons. The number of carbonyl (C=O) groups is 2. The Balaban J connectivity index is 1.56. The molecular formula is C22H33NO5. The third-order valence-corrected chi connectivity index (χ3v) is 8.96. The SMILES string of the molecule is CC[C@@H]1[C@H]2CCCC[N+]3([O-])[C@H]2[C@H](C[C@H]3[C@@H]2C[C@H](C)C(=O)O2)[C@@H]2[C@H]1OC(=O)[C@@H]2C. The predicted octanol–water partition coefficient (Wildman–Crippen LogP) is 3.03. The molecule has 1 saturated carbocycles. The Bertz CT molecular complexity index is 682. The van der Waals surface area contributed by atoms with Crippen LogP contribution in [-0.4, -0.2) is 47.4 Å². The minimum absolute atomic E-state index is 0.0326. The fraction of sp³-hybridized carbons (Fsp3) is 0.909. The summed E-state index contributed by atoms with van der Waals surface area (Å²) < 4.78 is 11.4. The maximum Gasteiger partial charge on any atom is 0.309 e. The third kappa shape index (κ3) is 2.40. The fourth-order valence-corrected chi connectivity index (χ4v) is 7.81. The maximum absolute atomic E-state index is 14.5. The Morgan fingerprint density at radius 3 is 2.54 bits per heavy atom. The maximum atomic E-state index is 14.5. The van der Waals surface area contributed by atoms with Gasteiger partial charge in [0.2, 0.25) is 0 Å². The van der Waals surface area contributed by atoms with Crippen LogP contribution in [0.25, 0.3) is 0 Å². The van der Waals surface area contributed by atoms with Crippen LogP contribution >= 0.6 is 0 Å². The Morgan fingerprint density at radius 1 is 1.07 bits per heavy atom. The molecule has 0 bridgehead atoms. The number of fused-ring (bicyclic) bond motifs is 2. The molecule has 28 heavy (non-hydrogen) atoms. The number of rotatable bonds is 2. The predicted molar refractivity (Wildman–Crippen MR) is 101 cm³/mol. The first kappa shape index (κ1) is 18.9. The zero-order valence-corrected chi connectivity index (χ0v) is 17.2. The van der Waals surface area contributed by atoms with Gasteiger partial charge < -0.3 is 19.3 Å². The highest BCUT2D eigenvalue weighted by Crippen LogP contribution is 2.59. The molecule has 5 rings (SSSR count). The lowest BCUT2D eigenvalue weighted by atomic mass is 9.60. The van der Waals surface area contributed by atoms with Crippen LogP contribution in [0.3, 0.4) is 0 Å². The van der Waals surface area contributed by atoms with Crippen molar-refractivity contribution >= 4 is 11.9 Å². The zero-order valence-electron chi connectivity index (χ0n) is 17.2. The molecule has 11 atom stereocenters. The lowest BCUT2D eigenvalue weighted by Crippen LogP contribution is -2.62. The number of esters is 2. The lowest BCUT2D eigenvalue weighted by Gasteiger charge is -2.55. The van der Waals surface area contributed by atoms with E-state index in [2.05, 4.69) is 6.92 Å². The molecule has 1 aliphatic carbocycles. The van der Waals surface area contributed by atoms with Gasteiger partial charge in [-0.3, -0.25) is 9.59 Å². The van der Waals surface area contributed by atoms with Crippen LogP contribution < -0.4 is 0 Å². The van der Waals surface area contributed by atoms with Crippen LogP contribution in [0.1, 0.15) is 59.3 Å². The van der Waals surface area contributed by atoms with Gasteiger partial charge in [-0.2, -0.15) is 0 Å². The van der Waals surface area contributed by atoms with Gasteiger partial charge in [-0.1, -0.05) is 20.8 Å². The van der Waals surface area contributed by atoms with Crippen molar-refractivity contribution in [2.45, 2.75) is 83.6 Å². The Labute approximate surface area is 167 Å². The Kier molecular flexibility index (Phi) is 4.33. The van der Waals surface area contributed by atoms with Gasteiger partial charge in [0.15, 0.2) is 6.10 Å². The summed E-state index contributed by atoms with van der Waals surface area (Å²) in [5.74, 6) is 0.451. The van der Waals surface area contributed by atoms with Crippen molar-refractivity contribution in [3.05, 3.63) is 5.21 Å². The van der Waals surface area contributed by atoms with Gasteiger partial charge in [-0.05, 0) is 25.7 Å². The van der Waals surface area contributed by atoms with Crippen molar-refractivity contribution in [1.29, 1.82) is 0 Å². The second-order valence-corrected chi connectivity index (χ2v) is 10.1. The summed E-state index contributed by atoms with van der Waals surface area (Å²) >= 11 is 0. The normalized spacial score (nSPS) is 55.3. The number of carbonyl (C=O) groups excluding carboxylic acids is 2. The standard InChI is InChI=1S/C22H33NO5/c1-4-13-14-7-5-6-8-23(26)16(17-9-11(2)21(24)27-17)10-15(19(14)23)18-12(3)22(25)28-20(13)18/h11-20H,4-10H2,1-3H3/t11-,12+,13+,14+,15+,16-,17-,18+,19+,20-,23?/m0/s1. The minimum Gasteiger partial charge on any atom is -0.632 e. The van der Waals surface area contributed by atoms with E-state index in [0.29, 0.717) is 18.9 Å². The quantitative estimate of drug-likeness (QED) is 0.411. The third-order valence-electron chi connectivity index (χ3n) is 8.96. The number of cyclic esters (lactones) is 1. The lowest BCUT2D eigenvalue weighted by molar-refractivity contribution is -0.924. The van der Waals surface area contributed by atoms with E-state index in [1.54, 1.807) is 0 Å². The smallest absolute Gasteiger partial charge is 0.309 e. The first-order chi connectivity index (χ1) is 13.4. The molecule has 5 fully saturated rings. The highest BCUT2D eigenvalue weighted by Gasteiger charge is 2.68. The highest BCUT2D eigenvalue weighted by atomic mass is 16.6. The van der Waals surface area contributed by atoms with E-state index < -0.39 is 0 Å². The van der Waals surface area contributed by atoms with Gasteiger partial charge in [-0.25, -0.2) is 0 Å². The van der Waals surface area contributed by atoms with Crippen molar-refractivity contribution in [2.24, 2.45) is 35.5 Å². The molecule has 0 aromatic carbocycles. The van der Waals surface area contributed by atoms with Crippen molar-refractivity contribution < 1.29 is 23.7 Å². The second kappa shape index (κ2) is 6.43. The van der Waals surface area contributed by atoms with Crippen LogP contribution in [0, 0.1) is 40.7 Å². The summed E-state index contributed by atoms with van der Waals surface area (Å²) in [6.45, 7) is 6.69. The molecule has 6 heteroatoms.